The van der Waals surface area contributed by atoms with Gasteiger partial charge >= 0.3 is 0 Å². The second kappa shape index (κ2) is 5.62. The Balaban J connectivity index is 2.40. The van der Waals surface area contributed by atoms with Gasteiger partial charge in [0.05, 0.1) is 24.9 Å². The van der Waals surface area contributed by atoms with E-state index in [0.717, 1.165) is 0 Å². The van der Waals surface area contributed by atoms with Crippen LogP contribution >= 0.6 is 11.6 Å². The first-order chi connectivity index (χ1) is 9.15. The van der Waals surface area contributed by atoms with Crippen LogP contribution in [0, 0.1) is 0 Å². The van der Waals surface area contributed by atoms with E-state index in [9.17, 15) is 0 Å². The van der Waals surface area contributed by atoms with Crippen molar-refractivity contribution in [2.45, 2.75) is 0 Å². The molecule has 0 radical (unpaired) electrons. The standard InChI is InChI=1S/C12H13ClN4O2/c1-18-9-6-10(19-2)8(5-7(9)13)17-12-11(14)15-3-4-16-12/h3-6H,1-2H3,(H2,14,15)(H,16,17). The van der Waals surface area contributed by atoms with Gasteiger partial charge in [0.2, 0.25) is 0 Å². The molecule has 2 aromatic rings. The average molecular weight is 281 g/mol. The maximum atomic E-state index is 6.08. The number of benzene rings is 1. The van der Waals surface area contributed by atoms with Gasteiger partial charge < -0.3 is 20.5 Å². The van der Waals surface area contributed by atoms with Crippen LogP contribution in [0.15, 0.2) is 24.5 Å². The van der Waals surface area contributed by atoms with Crippen LogP contribution in [0.4, 0.5) is 17.3 Å². The number of hydrogen-bond acceptors (Lipinski definition) is 6. The summed E-state index contributed by atoms with van der Waals surface area (Å²) < 4.78 is 10.4. The Labute approximate surface area is 115 Å². The minimum absolute atomic E-state index is 0.288. The molecule has 0 amide bonds. The number of nitrogens with zero attached hydrogens (tertiary/aromatic N) is 2. The van der Waals surface area contributed by atoms with Crippen molar-refractivity contribution in [1.82, 2.24) is 9.97 Å². The molecule has 3 N–H and O–H groups in total. The Morgan fingerprint density at radius 2 is 1.79 bits per heavy atom. The Kier molecular flexibility index (Phi) is 3.91. The summed E-state index contributed by atoms with van der Waals surface area (Å²) in [6.45, 7) is 0. The molecule has 19 heavy (non-hydrogen) atoms. The van der Waals surface area contributed by atoms with E-state index in [4.69, 9.17) is 26.8 Å². The molecular weight excluding hydrogens is 268 g/mol. The van der Waals surface area contributed by atoms with Crippen molar-refractivity contribution >= 4 is 28.9 Å². The zero-order valence-corrected chi connectivity index (χ0v) is 11.2. The number of hydrogen-bond donors (Lipinski definition) is 2. The molecule has 0 bridgehead atoms. The number of aromatic nitrogens is 2. The van der Waals surface area contributed by atoms with Crippen molar-refractivity contribution in [3.63, 3.8) is 0 Å². The third-order valence-electron chi connectivity index (χ3n) is 2.45. The zero-order chi connectivity index (χ0) is 13.8. The molecule has 0 spiro atoms. The number of halogens is 1. The Bertz CT molecular complexity index is 592. The van der Waals surface area contributed by atoms with E-state index in [1.165, 1.54) is 19.5 Å². The number of anilines is 3. The fourth-order valence-electron chi connectivity index (χ4n) is 1.53. The van der Waals surface area contributed by atoms with Crippen molar-refractivity contribution in [2.24, 2.45) is 0 Å². The van der Waals surface area contributed by atoms with Gasteiger partial charge in [0, 0.05) is 18.5 Å². The van der Waals surface area contributed by atoms with E-state index in [2.05, 4.69) is 15.3 Å². The molecule has 0 saturated carbocycles. The van der Waals surface area contributed by atoms with E-state index < -0.39 is 0 Å². The van der Waals surface area contributed by atoms with E-state index >= 15 is 0 Å². The Hall–Kier alpha value is -2.21. The van der Waals surface area contributed by atoms with E-state index in [-0.39, 0.29) is 5.82 Å². The number of ether oxygens (including phenoxy) is 2. The van der Waals surface area contributed by atoms with Gasteiger partial charge in [-0.3, -0.25) is 0 Å². The number of nitrogens with one attached hydrogen (secondary N) is 1. The lowest BCUT2D eigenvalue weighted by atomic mass is 10.2. The summed E-state index contributed by atoms with van der Waals surface area (Å²) in [6, 6.07) is 3.35. The molecule has 2 rings (SSSR count). The molecule has 0 atom stereocenters. The fraction of sp³-hybridized carbons (Fsp3) is 0.167. The van der Waals surface area contributed by atoms with Crippen LogP contribution in [0.3, 0.4) is 0 Å². The summed E-state index contributed by atoms with van der Waals surface area (Å²) in [6.07, 6.45) is 3.05. The minimum atomic E-state index is 0.288. The number of methoxy groups -OCH3 is 2. The van der Waals surface area contributed by atoms with Crippen molar-refractivity contribution in [3.8, 4) is 11.5 Å². The molecule has 1 aromatic heterocycles. The summed E-state index contributed by atoms with van der Waals surface area (Å²) in [5.41, 5.74) is 6.34. The molecule has 1 heterocycles. The fourth-order valence-corrected chi connectivity index (χ4v) is 1.77. The average Bonchev–Trinajstić information content (AvgIpc) is 2.42. The molecule has 0 unspecified atom stereocenters. The SMILES string of the molecule is COc1cc(OC)c(Nc2nccnc2N)cc1Cl. The molecular formula is C12H13ClN4O2. The molecule has 0 aliphatic carbocycles. The quantitative estimate of drug-likeness (QED) is 0.895. The molecule has 7 heteroatoms. The summed E-state index contributed by atoms with van der Waals surface area (Å²) >= 11 is 6.08. The van der Waals surface area contributed by atoms with Crippen LogP contribution < -0.4 is 20.5 Å². The topological polar surface area (TPSA) is 82.3 Å². The molecule has 0 saturated heterocycles. The van der Waals surface area contributed by atoms with E-state index in [0.29, 0.717) is 28.0 Å². The van der Waals surface area contributed by atoms with Gasteiger partial charge in [-0.25, -0.2) is 9.97 Å². The largest absolute Gasteiger partial charge is 0.495 e. The second-order valence-electron chi connectivity index (χ2n) is 3.60. The van der Waals surface area contributed by atoms with Gasteiger partial charge in [-0.05, 0) is 6.07 Å². The Morgan fingerprint density at radius 3 is 2.42 bits per heavy atom. The predicted octanol–water partition coefficient (Wildman–Crippen LogP) is 2.47. The van der Waals surface area contributed by atoms with Gasteiger partial charge in [0.1, 0.15) is 11.5 Å². The normalized spacial score (nSPS) is 10.1. The Morgan fingerprint density at radius 1 is 1.11 bits per heavy atom. The maximum Gasteiger partial charge on any atom is 0.173 e. The van der Waals surface area contributed by atoms with Gasteiger partial charge in [-0.2, -0.15) is 0 Å². The highest BCUT2D eigenvalue weighted by Gasteiger charge is 2.11. The summed E-state index contributed by atoms with van der Waals surface area (Å²) in [5.74, 6) is 1.81. The van der Waals surface area contributed by atoms with E-state index in [1.54, 1.807) is 19.2 Å². The monoisotopic (exact) mass is 280 g/mol. The molecule has 1 aromatic carbocycles. The summed E-state index contributed by atoms with van der Waals surface area (Å²) in [4.78, 5) is 8.03. The van der Waals surface area contributed by atoms with Crippen LogP contribution in [0.25, 0.3) is 0 Å². The second-order valence-corrected chi connectivity index (χ2v) is 4.01. The van der Waals surface area contributed by atoms with Crippen molar-refractivity contribution in [3.05, 3.63) is 29.5 Å². The van der Waals surface area contributed by atoms with Crippen LogP contribution in [0.5, 0.6) is 11.5 Å². The van der Waals surface area contributed by atoms with Gasteiger partial charge in [-0.15, -0.1) is 0 Å². The highest BCUT2D eigenvalue weighted by Crippen LogP contribution is 2.37. The molecule has 0 aliphatic rings. The molecule has 0 aliphatic heterocycles. The molecule has 100 valence electrons. The van der Waals surface area contributed by atoms with Crippen LogP contribution in [0.1, 0.15) is 0 Å². The van der Waals surface area contributed by atoms with Gasteiger partial charge in [0.25, 0.3) is 0 Å². The molecule has 0 fully saturated rings. The third kappa shape index (κ3) is 2.79. The zero-order valence-electron chi connectivity index (χ0n) is 10.5. The first kappa shape index (κ1) is 13.2. The van der Waals surface area contributed by atoms with Crippen molar-refractivity contribution in [1.29, 1.82) is 0 Å². The lowest BCUT2D eigenvalue weighted by Crippen LogP contribution is -2.02. The molecule has 6 nitrogen and oxygen atoms in total. The smallest absolute Gasteiger partial charge is 0.173 e. The van der Waals surface area contributed by atoms with E-state index in [1.807, 2.05) is 0 Å². The van der Waals surface area contributed by atoms with Crippen LogP contribution in [-0.2, 0) is 0 Å². The predicted molar refractivity (Wildman–Crippen MR) is 74.3 cm³/mol. The first-order valence-corrected chi connectivity index (χ1v) is 5.78. The van der Waals surface area contributed by atoms with Crippen molar-refractivity contribution in [2.75, 3.05) is 25.3 Å². The highest BCUT2D eigenvalue weighted by atomic mass is 35.5. The van der Waals surface area contributed by atoms with Crippen molar-refractivity contribution < 1.29 is 9.47 Å². The number of rotatable bonds is 4. The lowest BCUT2D eigenvalue weighted by Gasteiger charge is -2.13. The third-order valence-corrected chi connectivity index (χ3v) is 2.75. The summed E-state index contributed by atoms with van der Waals surface area (Å²) in [7, 11) is 3.09. The van der Waals surface area contributed by atoms with Gasteiger partial charge in [0.15, 0.2) is 11.6 Å². The first-order valence-electron chi connectivity index (χ1n) is 5.40. The lowest BCUT2D eigenvalue weighted by molar-refractivity contribution is 0.396. The highest BCUT2D eigenvalue weighted by molar-refractivity contribution is 6.32. The van der Waals surface area contributed by atoms with Crippen LogP contribution in [-0.4, -0.2) is 24.2 Å². The minimum Gasteiger partial charge on any atom is -0.495 e. The van der Waals surface area contributed by atoms with Crippen LogP contribution in [0.2, 0.25) is 5.02 Å². The maximum absolute atomic E-state index is 6.08. The number of nitrogens with two attached hydrogens (primary N) is 1. The summed E-state index contributed by atoms with van der Waals surface area (Å²) in [5, 5.41) is 3.47. The van der Waals surface area contributed by atoms with Gasteiger partial charge in [-0.1, -0.05) is 11.6 Å². The number of nitrogen functional groups attached to an aromatic ring is 1.